The molecule has 2 aromatic heterocycles. The maximum Gasteiger partial charge on any atom is 0.266 e. The van der Waals surface area contributed by atoms with Crippen LogP contribution >= 0.6 is 23.2 Å². The number of anilines is 1. The van der Waals surface area contributed by atoms with Crippen LogP contribution in [-0.4, -0.2) is 20.7 Å². The topological polar surface area (TPSA) is 83.6 Å². The molecule has 0 unspecified atom stereocenters. The van der Waals surface area contributed by atoms with Crippen molar-refractivity contribution >= 4 is 40.9 Å². The lowest BCUT2D eigenvalue weighted by atomic mass is 10.1. The van der Waals surface area contributed by atoms with E-state index in [-0.39, 0.29) is 10.6 Å². The van der Waals surface area contributed by atoms with E-state index in [9.17, 15) is 10.1 Å². The van der Waals surface area contributed by atoms with Gasteiger partial charge in [0.1, 0.15) is 11.6 Å². The summed E-state index contributed by atoms with van der Waals surface area (Å²) < 4.78 is 1.61. The van der Waals surface area contributed by atoms with Crippen LogP contribution in [0.5, 0.6) is 0 Å². The van der Waals surface area contributed by atoms with E-state index in [4.69, 9.17) is 23.2 Å². The number of pyridine rings is 1. The summed E-state index contributed by atoms with van der Waals surface area (Å²) in [5, 5.41) is 17.0. The van der Waals surface area contributed by atoms with Crippen LogP contribution in [0.1, 0.15) is 5.56 Å². The first-order valence-corrected chi connectivity index (χ1v) is 8.56. The summed E-state index contributed by atoms with van der Waals surface area (Å²) in [4.78, 5) is 16.5. The summed E-state index contributed by atoms with van der Waals surface area (Å²) in [7, 11) is 1.76. The fraction of sp³-hybridized carbons (Fsp3) is 0.0526. The second-order valence-electron chi connectivity index (χ2n) is 5.57. The number of aromatic nitrogens is 3. The quantitative estimate of drug-likeness (QED) is 0.524. The Morgan fingerprint density at radius 2 is 2.00 bits per heavy atom. The molecule has 1 aromatic carbocycles. The van der Waals surface area contributed by atoms with Crippen molar-refractivity contribution in [3.8, 4) is 17.3 Å². The van der Waals surface area contributed by atoms with Gasteiger partial charge >= 0.3 is 0 Å². The van der Waals surface area contributed by atoms with Crippen molar-refractivity contribution < 1.29 is 4.79 Å². The molecule has 0 aliphatic heterocycles. The molecule has 0 saturated heterocycles. The summed E-state index contributed by atoms with van der Waals surface area (Å²) in [6.45, 7) is 0. The molecule has 2 heterocycles. The standard InChI is InChI=1S/C19H13Cl2N5O/c1-26-11-14(18(25-26)12-5-7-23-8-6-12)9-13(10-22)19(27)24-16-4-2-3-15(20)17(16)21/h2-9,11H,1H3,(H,24,27). The Morgan fingerprint density at radius 3 is 2.70 bits per heavy atom. The first kappa shape index (κ1) is 18.6. The third-order valence-electron chi connectivity index (χ3n) is 3.68. The Balaban J connectivity index is 1.95. The predicted molar refractivity (Wildman–Crippen MR) is 105 cm³/mol. The number of nitrogens with zero attached hydrogens (tertiary/aromatic N) is 4. The van der Waals surface area contributed by atoms with Crippen molar-refractivity contribution in [2.24, 2.45) is 7.05 Å². The molecule has 3 rings (SSSR count). The van der Waals surface area contributed by atoms with E-state index in [1.54, 1.807) is 60.7 Å². The number of halogens is 2. The molecular formula is C19H13Cl2N5O. The molecule has 1 amide bonds. The summed E-state index contributed by atoms with van der Waals surface area (Å²) in [5.41, 5.74) is 2.34. The molecule has 8 heteroatoms. The van der Waals surface area contributed by atoms with Crippen LogP contribution in [0.25, 0.3) is 17.3 Å². The van der Waals surface area contributed by atoms with Gasteiger partial charge in [-0.1, -0.05) is 29.3 Å². The number of nitriles is 1. The van der Waals surface area contributed by atoms with E-state index in [1.165, 1.54) is 6.08 Å². The molecule has 0 saturated carbocycles. The van der Waals surface area contributed by atoms with Crippen molar-refractivity contribution in [1.29, 1.82) is 5.26 Å². The minimum atomic E-state index is -0.591. The van der Waals surface area contributed by atoms with Crippen LogP contribution in [0.2, 0.25) is 10.0 Å². The number of aryl methyl sites for hydroxylation is 1. The zero-order chi connectivity index (χ0) is 19.4. The van der Waals surface area contributed by atoms with Crippen LogP contribution in [0.3, 0.4) is 0 Å². The van der Waals surface area contributed by atoms with Crippen LogP contribution in [0.4, 0.5) is 5.69 Å². The Morgan fingerprint density at radius 1 is 1.26 bits per heavy atom. The maximum atomic E-state index is 12.5. The van der Waals surface area contributed by atoms with Crippen molar-refractivity contribution in [2.45, 2.75) is 0 Å². The minimum Gasteiger partial charge on any atom is -0.320 e. The number of amides is 1. The number of rotatable bonds is 4. The normalized spacial score (nSPS) is 11.1. The monoisotopic (exact) mass is 397 g/mol. The summed E-state index contributed by atoms with van der Waals surface area (Å²) >= 11 is 12.0. The predicted octanol–water partition coefficient (Wildman–Crippen LogP) is 4.33. The molecule has 0 fully saturated rings. The second kappa shape index (κ2) is 8.04. The fourth-order valence-corrected chi connectivity index (χ4v) is 2.79. The van der Waals surface area contributed by atoms with Gasteiger partial charge in [0.15, 0.2) is 0 Å². The highest BCUT2D eigenvalue weighted by molar-refractivity contribution is 6.44. The van der Waals surface area contributed by atoms with E-state index in [0.29, 0.717) is 22.0 Å². The number of benzene rings is 1. The number of carbonyl (C=O) groups is 1. The van der Waals surface area contributed by atoms with Gasteiger partial charge in [0.05, 0.1) is 21.4 Å². The first-order chi connectivity index (χ1) is 13.0. The molecule has 6 nitrogen and oxygen atoms in total. The molecule has 0 radical (unpaired) electrons. The fourth-order valence-electron chi connectivity index (χ4n) is 2.44. The first-order valence-electron chi connectivity index (χ1n) is 7.81. The Labute approximate surface area is 165 Å². The van der Waals surface area contributed by atoms with Gasteiger partial charge in [-0.05, 0) is 30.3 Å². The third kappa shape index (κ3) is 4.17. The van der Waals surface area contributed by atoms with Gasteiger partial charge in [-0.25, -0.2) is 0 Å². The Kier molecular flexibility index (Phi) is 5.55. The summed E-state index contributed by atoms with van der Waals surface area (Å²) in [6, 6.07) is 10.4. The molecule has 0 atom stereocenters. The molecule has 0 spiro atoms. The molecule has 1 N–H and O–H groups in total. The zero-order valence-corrected chi connectivity index (χ0v) is 15.7. The van der Waals surface area contributed by atoms with Crippen molar-refractivity contribution in [3.05, 3.63) is 70.1 Å². The number of hydrogen-bond acceptors (Lipinski definition) is 4. The van der Waals surface area contributed by atoms with Gasteiger partial charge in [-0.3, -0.25) is 14.5 Å². The van der Waals surface area contributed by atoms with Gasteiger partial charge in [-0.15, -0.1) is 0 Å². The second-order valence-corrected chi connectivity index (χ2v) is 6.35. The van der Waals surface area contributed by atoms with E-state index < -0.39 is 5.91 Å². The highest BCUT2D eigenvalue weighted by atomic mass is 35.5. The van der Waals surface area contributed by atoms with Crippen LogP contribution < -0.4 is 5.32 Å². The van der Waals surface area contributed by atoms with Crippen LogP contribution in [0.15, 0.2) is 54.5 Å². The molecule has 27 heavy (non-hydrogen) atoms. The van der Waals surface area contributed by atoms with Crippen molar-refractivity contribution in [3.63, 3.8) is 0 Å². The van der Waals surface area contributed by atoms with Crippen LogP contribution in [0, 0.1) is 11.3 Å². The van der Waals surface area contributed by atoms with E-state index >= 15 is 0 Å². The van der Waals surface area contributed by atoms with Gasteiger partial charge < -0.3 is 5.32 Å². The number of hydrogen-bond donors (Lipinski definition) is 1. The molecule has 0 aliphatic rings. The Bertz CT molecular complexity index is 1070. The highest BCUT2D eigenvalue weighted by Crippen LogP contribution is 2.30. The van der Waals surface area contributed by atoms with Crippen LogP contribution in [-0.2, 0) is 11.8 Å². The van der Waals surface area contributed by atoms with Gasteiger partial charge in [0.2, 0.25) is 0 Å². The maximum absolute atomic E-state index is 12.5. The molecule has 134 valence electrons. The lowest BCUT2D eigenvalue weighted by Gasteiger charge is -2.07. The smallest absolute Gasteiger partial charge is 0.266 e. The van der Waals surface area contributed by atoms with Gasteiger partial charge in [-0.2, -0.15) is 10.4 Å². The highest BCUT2D eigenvalue weighted by Gasteiger charge is 2.15. The SMILES string of the molecule is Cn1cc(C=C(C#N)C(=O)Nc2cccc(Cl)c2Cl)c(-c2ccncc2)n1. The molecule has 0 bridgehead atoms. The lowest BCUT2D eigenvalue weighted by molar-refractivity contribution is -0.112. The molecule has 0 aliphatic carbocycles. The number of carbonyl (C=O) groups excluding carboxylic acids is 1. The van der Waals surface area contributed by atoms with E-state index in [2.05, 4.69) is 15.4 Å². The zero-order valence-electron chi connectivity index (χ0n) is 14.1. The minimum absolute atomic E-state index is 0.0886. The van der Waals surface area contributed by atoms with E-state index in [0.717, 1.165) is 5.56 Å². The van der Waals surface area contributed by atoms with Gasteiger partial charge in [0.25, 0.3) is 5.91 Å². The van der Waals surface area contributed by atoms with E-state index in [1.807, 2.05) is 6.07 Å². The summed E-state index contributed by atoms with van der Waals surface area (Å²) in [5.74, 6) is -0.591. The number of nitrogens with one attached hydrogen (secondary N) is 1. The summed E-state index contributed by atoms with van der Waals surface area (Å²) in [6.07, 6.45) is 6.51. The third-order valence-corrected chi connectivity index (χ3v) is 4.49. The Hall–Kier alpha value is -3.14. The van der Waals surface area contributed by atoms with Crippen molar-refractivity contribution in [2.75, 3.05) is 5.32 Å². The average molecular weight is 398 g/mol. The van der Waals surface area contributed by atoms with Gasteiger partial charge in [0, 0.05) is 36.8 Å². The molecule has 3 aromatic rings. The average Bonchev–Trinajstić information content (AvgIpc) is 3.04. The lowest BCUT2D eigenvalue weighted by Crippen LogP contribution is -2.13. The largest absolute Gasteiger partial charge is 0.320 e. The molecular weight excluding hydrogens is 385 g/mol. The van der Waals surface area contributed by atoms with Crippen molar-refractivity contribution in [1.82, 2.24) is 14.8 Å².